The number of allylic oxidation sites excluding steroid dienone is 2. The van der Waals surface area contributed by atoms with Gasteiger partial charge in [-0.2, -0.15) is 0 Å². The maximum Gasteiger partial charge on any atom is 0.234 e. The van der Waals surface area contributed by atoms with Gasteiger partial charge in [-0.1, -0.05) is 42.0 Å². The number of likely N-dealkylation sites (tertiary alicyclic amines) is 1. The van der Waals surface area contributed by atoms with Crippen molar-refractivity contribution in [2.75, 3.05) is 32.8 Å². The molecule has 2 amide bonds. The average molecular weight is 353 g/mol. The van der Waals surface area contributed by atoms with E-state index in [1.54, 1.807) is 0 Å². The van der Waals surface area contributed by atoms with E-state index in [4.69, 9.17) is 0 Å². The molecule has 3 aliphatic rings. The first-order valence-electron chi connectivity index (χ1n) is 9.62. The number of piperazine rings is 1. The maximum atomic E-state index is 12.6. The molecule has 1 aromatic rings. The number of rotatable bonds is 4. The van der Waals surface area contributed by atoms with E-state index >= 15 is 0 Å². The van der Waals surface area contributed by atoms with Gasteiger partial charge in [-0.05, 0) is 25.3 Å². The molecule has 2 fully saturated rings. The van der Waals surface area contributed by atoms with Crippen LogP contribution in [-0.4, -0.2) is 59.4 Å². The highest BCUT2D eigenvalue weighted by Crippen LogP contribution is 2.35. The van der Waals surface area contributed by atoms with Gasteiger partial charge in [0.05, 0.1) is 18.5 Å². The van der Waals surface area contributed by atoms with Gasteiger partial charge in [0.1, 0.15) is 0 Å². The van der Waals surface area contributed by atoms with Crippen LogP contribution in [0.4, 0.5) is 0 Å². The van der Waals surface area contributed by atoms with Gasteiger partial charge in [0, 0.05) is 32.7 Å². The predicted octanol–water partition coefficient (Wildman–Crippen LogP) is 2.02. The highest BCUT2D eigenvalue weighted by Gasteiger charge is 2.47. The minimum atomic E-state index is -0.116. The number of imide groups is 1. The van der Waals surface area contributed by atoms with Crippen molar-refractivity contribution in [2.45, 2.75) is 26.3 Å². The van der Waals surface area contributed by atoms with Crippen LogP contribution in [0.3, 0.4) is 0 Å². The number of nitrogens with zero attached hydrogens (tertiary/aromatic N) is 3. The van der Waals surface area contributed by atoms with E-state index in [0.717, 1.165) is 45.6 Å². The van der Waals surface area contributed by atoms with E-state index in [0.29, 0.717) is 6.67 Å². The lowest BCUT2D eigenvalue weighted by Crippen LogP contribution is -2.51. The van der Waals surface area contributed by atoms with Gasteiger partial charge >= 0.3 is 0 Å². The SMILES string of the molecule is Cc1cccc(CN2CCN(CN3C(=O)[C@H]4CC=CC[C@H]4C3=O)CC2)c1. The summed E-state index contributed by atoms with van der Waals surface area (Å²) in [6.45, 7) is 7.29. The summed E-state index contributed by atoms with van der Waals surface area (Å²) >= 11 is 0. The summed E-state index contributed by atoms with van der Waals surface area (Å²) in [5, 5.41) is 0. The predicted molar refractivity (Wildman–Crippen MR) is 100 cm³/mol. The second-order valence-electron chi connectivity index (χ2n) is 7.78. The fourth-order valence-electron chi connectivity index (χ4n) is 4.37. The van der Waals surface area contributed by atoms with Crippen LogP contribution in [0.5, 0.6) is 0 Å². The number of carbonyl (C=O) groups is 2. The molecule has 2 heterocycles. The Morgan fingerprint density at radius 3 is 2.15 bits per heavy atom. The third-order valence-electron chi connectivity index (χ3n) is 5.89. The van der Waals surface area contributed by atoms with Crippen molar-refractivity contribution in [3.05, 3.63) is 47.5 Å². The fraction of sp³-hybridized carbons (Fsp3) is 0.524. The molecule has 5 heteroatoms. The van der Waals surface area contributed by atoms with Crippen LogP contribution in [0.1, 0.15) is 24.0 Å². The van der Waals surface area contributed by atoms with E-state index in [1.807, 2.05) is 12.2 Å². The monoisotopic (exact) mass is 353 g/mol. The number of hydrogen-bond donors (Lipinski definition) is 0. The van der Waals surface area contributed by atoms with Crippen molar-refractivity contribution < 1.29 is 9.59 Å². The number of hydrogen-bond acceptors (Lipinski definition) is 4. The average Bonchev–Trinajstić information content (AvgIpc) is 2.89. The molecular formula is C21H27N3O2. The van der Waals surface area contributed by atoms with Gasteiger partial charge in [-0.15, -0.1) is 0 Å². The Morgan fingerprint density at radius 2 is 1.54 bits per heavy atom. The molecule has 2 aliphatic heterocycles. The van der Waals surface area contributed by atoms with E-state index in [1.165, 1.54) is 16.0 Å². The molecule has 0 spiro atoms. The molecule has 0 aromatic heterocycles. The van der Waals surface area contributed by atoms with Gasteiger partial charge in [-0.3, -0.25) is 24.3 Å². The van der Waals surface area contributed by atoms with Crippen molar-refractivity contribution in [3.63, 3.8) is 0 Å². The minimum absolute atomic E-state index is 0.0338. The number of carbonyl (C=O) groups excluding carboxylic acids is 2. The quantitative estimate of drug-likeness (QED) is 0.614. The Labute approximate surface area is 155 Å². The molecule has 2 atom stereocenters. The topological polar surface area (TPSA) is 43.9 Å². The summed E-state index contributed by atoms with van der Waals surface area (Å²) in [6.07, 6.45) is 5.52. The zero-order chi connectivity index (χ0) is 18.1. The van der Waals surface area contributed by atoms with Crippen molar-refractivity contribution >= 4 is 11.8 Å². The molecule has 5 nitrogen and oxygen atoms in total. The number of fused-ring (bicyclic) bond motifs is 1. The maximum absolute atomic E-state index is 12.6. The first-order chi connectivity index (χ1) is 12.6. The lowest BCUT2D eigenvalue weighted by molar-refractivity contribution is -0.142. The Kier molecular flexibility index (Phi) is 4.92. The second kappa shape index (κ2) is 7.33. The number of benzene rings is 1. The molecule has 1 aromatic carbocycles. The first kappa shape index (κ1) is 17.4. The Balaban J connectivity index is 1.30. The van der Waals surface area contributed by atoms with Gasteiger partial charge < -0.3 is 0 Å². The molecule has 4 rings (SSSR count). The number of aryl methyl sites for hydroxylation is 1. The van der Waals surface area contributed by atoms with Crippen molar-refractivity contribution in [2.24, 2.45) is 11.8 Å². The lowest BCUT2D eigenvalue weighted by Gasteiger charge is -2.36. The molecule has 0 bridgehead atoms. The Hall–Kier alpha value is -1.98. The van der Waals surface area contributed by atoms with Crippen molar-refractivity contribution in [1.29, 1.82) is 0 Å². The molecule has 0 N–H and O–H groups in total. The highest BCUT2D eigenvalue weighted by atomic mass is 16.2. The summed E-state index contributed by atoms with van der Waals surface area (Å²) in [5.74, 6) is -0.164. The van der Waals surface area contributed by atoms with Crippen LogP contribution in [-0.2, 0) is 16.1 Å². The third kappa shape index (κ3) is 3.46. The van der Waals surface area contributed by atoms with Crippen LogP contribution in [0.2, 0.25) is 0 Å². The molecule has 0 saturated carbocycles. The molecule has 1 aliphatic carbocycles. The minimum Gasteiger partial charge on any atom is -0.297 e. The summed E-state index contributed by atoms with van der Waals surface area (Å²) in [5.41, 5.74) is 2.64. The molecule has 0 radical (unpaired) electrons. The van der Waals surface area contributed by atoms with Gasteiger partial charge in [0.15, 0.2) is 0 Å². The van der Waals surface area contributed by atoms with Gasteiger partial charge in [0.2, 0.25) is 11.8 Å². The van der Waals surface area contributed by atoms with Crippen LogP contribution < -0.4 is 0 Å². The smallest absolute Gasteiger partial charge is 0.234 e. The lowest BCUT2D eigenvalue weighted by atomic mass is 9.85. The van der Waals surface area contributed by atoms with Crippen LogP contribution in [0, 0.1) is 18.8 Å². The third-order valence-corrected chi connectivity index (χ3v) is 5.89. The molecule has 26 heavy (non-hydrogen) atoms. The standard InChI is InChI=1S/C21H27N3O2/c1-16-5-4-6-17(13-16)14-22-9-11-23(12-10-22)15-24-20(25)18-7-2-3-8-19(18)21(24)26/h2-6,13,18-19H,7-12,14-15H2,1H3/t18-,19+. The Morgan fingerprint density at radius 1 is 0.923 bits per heavy atom. The fourth-order valence-corrected chi connectivity index (χ4v) is 4.37. The second-order valence-corrected chi connectivity index (χ2v) is 7.78. The van der Waals surface area contributed by atoms with Crippen molar-refractivity contribution in [1.82, 2.24) is 14.7 Å². The number of amides is 2. The van der Waals surface area contributed by atoms with Crippen LogP contribution >= 0.6 is 0 Å². The van der Waals surface area contributed by atoms with Crippen molar-refractivity contribution in [3.8, 4) is 0 Å². The van der Waals surface area contributed by atoms with Gasteiger partial charge in [0.25, 0.3) is 0 Å². The largest absolute Gasteiger partial charge is 0.297 e. The summed E-state index contributed by atoms with van der Waals surface area (Å²) in [4.78, 5) is 31.4. The summed E-state index contributed by atoms with van der Waals surface area (Å²) in [7, 11) is 0. The Bertz CT molecular complexity index is 696. The highest BCUT2D eigenvalue weighted by molar-refractivity contribution is 6.05. The van der Waals surface area contributed by atoms with E-state index < -0.39 is 0 Å². The van der Waals surface area contributed by atoms with Crippen LogP contribution in [0.15, 0.2) is 36.4 Å². The normalized spacial score (nSPS) is 27.2. The summed E-state index contributed by atoms with van der Waals surface area (Å²) in [6, 6.07) is 8.65. The molecule has 138 valence electrons. The summed E-state index contributed by atoms with van der Waals surface area (Å²) < 4.78 is 0. The van der Waals surface area contributed by atoms with Crippen LogP contribution in [0.25, 0.3) is 0 Å². The van der Waals surface area contributed by atoms with E-state index in [-0.39, 0.29) is 23.7 Å². The first-order valence-corrected chi connectivity index (χ1v) is 9.62. The zero-order valence-electron chi connectivity index (χ0n) is 15.4. The van der Waals surface area contributed by atoms with E-state index in [9.17, 15) is 9.59 Å². The molecule has 0 unspecified atom stereocenters. The van der Waals surface area contributed by atoms with Gasteiger partial charge in [-0.25, -0.2) is 0 Å². The molecular weight excluding hydrogens is 326 g/mol. The van der Waals surface area contributed by atoms with E-state index in [2.05, 4.69) is 41.0 Å². The zero-order valence-corrected chi connectivity index (χ0v) is 15.4. The molecule has 2 saturated heterocycles.